The van der Waals surface area contributed by atoms with E-state index in [2.05, 4.69) is 65.7 Å². The molecule has 0 aliphatic heterocycles. The number of benzene rings is 2. The Morgan fingerprint density at radius 2 is 1.75 bits per heavy atom. The minimum atomic E-state index is -0.822. The van der Waals surface area contributed by atoms with Crippen molar-refractivity contribution in [1.82, 2.24) is 25.6 Å². The number of nitrogens with one attached hydrogen (secondary N) is 1. The molecule has 2 heterocycles. The van der Waals surface area contributed by atoms with Crippen molar-refractivity contribution in [2.45, 2.75) is 67.6 Å². The number of tetrazole rings is 1. The van der Waals surface area contributed by atoms with Crippen LogP contribution in [-0.2, 0) is 17.8 Å². The van der Waals surface area contributed by atoms with Crippen LogP contribution in [-0.4, -0.2) is 31.7 Å². The van der Waals surface area contributed by atoms with E-state index in [-0.39, 0.29) is 6.61 Å². The van der Waals surface area contributed by atoms with Crippen LogP contribution >= 0.6 is 0 Å². The Balaban J connectivity index is 1.95. The SMILES string of the molecule is Cc1ccc(-c2c(COc3ccccc3-c3nn[nH]n3)c(C)nc(CC(C)C)c2C(OC(N)=O)C(C)(C)C)cc1. The Kier molecular flexibility index (Phi) is 8.52. The van der Waals surface area contributed by atoms with Crippen molar-refractivity contribution in [3.8, 4) is 28.3 Å². The molecular formula is C31H38N6O3. The quantitative estimate of drug-likeness (QED) is 0.247. The minimum absolute atomic E-state index is 0.222. The molecule has 0 aliphatic rings. The Morgan fingerprint density at radius 3 is 2.35 bits per heavy atom. The molecule has 4 rings (SSSR count). The molecule has 0 spiro atoms. The summed E-state index contributed by atoms with van der Waals surface area (Å²) < 4.78 is 12.3. The highest BCUT2D eigenvalue weighted by Crippen LogP contribution is 2.45. The van der Waals surface area contributed by atoms with Crippen LogP contribution in [0.15, 0.2) is 48.5 Å². The summed E-state index contributed by atoms with van der Waals surface area (Å²) in [6, 6.07) is 15.9. The molecule has 0 bridgehead atoms. The number of carbonyl (C=O) groups is 1. The first-order chi connectivity index (χ1) is 19.0. The molecule has 0 saturated carbocycles. The number of para-hydroxylation sites is 1. The molecule has 0 aliphatic carbocycles. The zero-order valence-corrected chi connectivity index (χ0v) is 24.3. The average molecular weight is 543 g/mol. The number of hydrogen-bond acceptors (Lipinski definition) is 7. The zero-order valence-electron chi connectivity index (χ0n) is 24.3. The minimum Gasteiger partial charge on any atom is -0.488 e. The van der Waals surface area contributed by atoms with E-state index < -0.39 is 17.6 Å². The smallest absolute Gasteiger partial charge is 0.405 e. The summed E-state index contributed by atoms with van der Waals surface area (Å²) in [5, 5.41) is 14.4. The van der Waals surface area contributed by atoms with E-state index in [0.29, 0.717) is 23.9 Å². The van der Waals surface area contributed by atoms with Gasteiger partial charge >= 0.3 is 6.09 Å². The summed E-state index contributed by atoms with van der Waals surface area (Å²) >= 11 is 0. The highest BCUT2D eigenvalue weighted by Gasteiger charge is 2.36. The third-order valence-corrected chi connectivity index (χ3v) is 6.69. The molecular weight excluding hydrogens is 504 g/mol. The number of carbonyl (C=O) groups excluding carboxylic acids is 1. The molecule has 4 aromatic rings. The topological polar surface area (TPSA) is 129 Å². The summed E-state index contributed by atoms with van der Waals surface area (Å²) in [6.07, 6.45) is -0.739. The van der Waals surface area contributed by atoms with E-state index in [0.717, 1.165) is 44.8 Å². The Hall–Kier alpha value is -4.27. The third-order valence-electron chi connectivity index (χ3n) is 6.69. The summed E-state index contributed by atoms with van der Waals surface area (Å²) in [5.41, 5.74) is 12.5. The van der Waals surface area contributed by atoms with Crippen LogP contribution in [0.2, 0.25) is 0 Å². The van der Waals surface area contributed by atoms with Crippen molar-refractivity contribution < 1.29 is 14.3 Å². The van der Waals surface area contributed by atoms with E-state index >= 15 is 0 Å². The number of aromatic nitrogens is 5. The predicted molar refractivity (Wildman–Crippen MR) is 154 cm³/mol. The van der Waals surface area contributed by atoms with Gasteiger partial charge in [-0.05, 0) is 54.7 Å². The number of H-pyrrole nitrogens is 1. The van der Waals surface area contributed by atoms with Crippen LogP contribution in [0.4, 0.5) is 4.79 Å². The largest absolute Gasteiger partial charge is 0.488 e. The lowest BCUT2D eigenvalue weighted by molar-refractivity contribution is 0.0353. The van der Waals surface area contributed by atoms with Gasteiger partial charge in [-0.1, -0.05) is 76.6 Å². The molecule has 0 radical (unpaired) electrons. The van der Waals surface area contributed by atoms with Gasteiger partial charge < -0.3 is 15.2 Å². The second kappa shape index (κ2) is 11.9. The number of ether oxygens (including phenoxy) is 2. The molecule has 9 nitrogen and oxygen atoms in total. The summed E-state index contributed by atoms with van der Waals surface area (Å²) in [6.45, 7) is 14.7. The van der Waals surface area contributed by atoms with Gasteiger partial charge in [0.05, 0.1) is 5.56 Å². The van der Waals surface area contributed by atoms with Gasteiger partial charge in [0.2, 0.25) is 5.82 Å². The van der Waals surface area contributed by atoms with E-state index in [1.807, 2.05) is 52.0 Å². The van der Waals surface area contributed by atoms with E-state index in [9.17, 15) is 4.79 Å². The lowest BCUT2D eigenvalue weighted by Gasteiger charge is -2.34. The van der Waals surface area contributed by atoms with E-state index in [1.54, 1.807) is 0 Å². The number of aryl methyl sites for hydroxylation is 2. The number of primary amides is 1. The van der Waals surface area contributed by atoms with Crippen LogP contribution in [0.1, 0.15) is 68.8 Å². The molecule has 0 saturated heterocycles. The fourth-order valence-electron chi connectivity index (χ4n) is 4.86. The average Bonchev–Trinajstić information content (AvgIpc) is 3.41. The zero-order chi connectivity index (χ0) is 29.0. The highest BCUT2D eigenvalue weighted by atomic mass is 16.6. The molecule has 210 valence electrons. The van der Waals surface area contributed by atoms with E-state index in [4.69, 9.17) is 20.2 Å². The van der Waals surface area contributed by atoms with Crippen LogP contribution < -0.4 is 10.5 Å². The summed E-state index contributed by atoms with van der Waals surface area (Å²) in [4.78, 5) is 17.3. The first kappa shape index (κ1) is 28.7. The van der Waals surface area contributed by atoms with Crippen LogP contribution in [0, 0.1) is 25.2 Å². The van der Waals surface area contributed by atoms with Gasteiger partial charge in [-0.2, -0.15) is 5.21 Å². The summed E-state index contributed by atoms with van der Waals surface area (Å²) in [7, 11) is 0. The second-order valence-corrected chi connectivity index (χ2v) is 11.6. The predicted octanol–water partition coefficient (Wildman–Crippen LogP) is 6.51. The number of pyridine rings is 1. The van der Waals surface area contributed by atoms with Gasteiger partial charge in [0.25, 0.3) is 0 Å². The first-order valence-electron chi connectivity index (χ1n) is 13.5. The molecule has 1 amide bonds. The standard InChI is InChI=1S/C31H38N6O3/c1-18(2)16-24-27(28(31(5,6)7)40-30(32)38)26(21-14-12-19(3)13-15-21)23(20(4)33-24)17-39-25-11-9-8-10-22(25)29-34-36-37-35-29/h8-15,18,28H,16-17H2,1-7H3,(H2,32,38)(H,34,35,36,37). The molecule has 2 aromatic heterocycles. The fraction of sp³-hybridized carbons (Fsp3) is 0.387. The van der Waals surface area contributed by atoms with Gasteiger partial charge in [-0.3, -0.25) is 4.98 Å². The number of nitrogens with zero attached hydrogens (tertiary/aromatic N) is 4. The molecule has 2 aromatic carbocycles. The molecule has 9 heteroatoms. The van der Waals surface area contributed by atoms with Crippen molar-refractivity contribution in [2.24, 2.45) is 17.1 Å². The maximum Gasteiger partial charge on any atom is 0.405 e. The van der Waals surface area contributed by atoms with Crippen molar-refractivity contribution in [1.29, 1.82) is 0 Å². The maximum absolute atomic E-state index is 12.2. The Bertz CT molecular complexity index is 1460. The van der Waals surface area contributed by atoms with Crippen molar-refractivity contribution in [2.75, 3.05) is 0 Å². The third kappa shape index (κ3) is 6.47. The van der Waals surface area contributed by atoms with Crippen molar-refractivity contribution >= 4 is 6.09 Å². The maximum atomic E-state index is 12.2. The molecule has 40 heavy (non-hydrogen) atoms. The van der Waals surface area contributed by atoms with Crippen LogP contribution in [0.3, 0.4) is 0 Å². The number of nitrogens with two attached hydrogens (primary N) is 1. The van der Waals surface area contributed by atoms with Crippen molar-refractivity contribution in [3.63, 3.8) is 0 Å². The Labute approximate surface area is 235 Å². The van der Waals surface area contributed by atoms with E-state index in [1.165, 1.54) is 0 Å². The van der Waals surface area contributed by atoms with Gasteiger partial charge in [0.15, 0.2) is 0 Å². The van der Waals surface area contributed by atoms with Gasteiger partial charge in [0.1, 0.15) is 18.5 Å². The molecule has 0 fully saturated rings. The number of rotatable bonds is 9. The van der Waals surface area contributed by atoms with Gasteiger partial charge in [-0.25, -0.2) is 4.79 Å². The Morgan fingerprint density at radius 1 is 1.05 bits per heavy atom. The van der Waals surface area contributed by atoms with Crippen LogP contribution in [0.5, 0.6) is 5.75 Å². The molecule has 1 atom stereocenters. The number of hydrogen-bond donors (Lipinski definition) is 2. The normalized spacial score (nSPS) is 12.4. The van der Waals surface area contributed by atoms with Gasteiger partial charge in [0, 0.05) is 27.9 Å². The second-order valence-electron chi connectivity index (χ2n) is 11.6. The van der Waals surface area contributed by atoms with Gasteiger partial charge in [-0.15, -0.1) is 10.2 Å². The number of amides is 1. The van der Waals surface area contributed by atoms with Crippen molar-refractivity contribution in [3.05, 3.63) is 76.6 Å². The lowest BCUT2D eigenvalue weighted by Crippen LogP contribution is -2.29. The fourth-order valence-corrected chi connectivity index (χ4v) is 4.86. The molecule has 1 unspecified atom stereocenters. The summed E-state index contributed by atoms with van der Waals surface area (Å²) in [5.74, 6) is 1.39. The first-order valence-corrected chi connectivity index (χ1v) is 13.5. The highest BCUT2D eigenvalue weighted by molar-refractivity contribution is 5.75. The lowest BCUT2D eigenvalue weighted by atomic mass is 9.78. The molecule has 3 N–H and O–H groups in total. The monoisotopic (exact) mass is 542 g/mol. The number of aromatic amines is 1. The van der Waals surface area contributed by atoms with Crippen LogP contribution in [0.25, 0.3) is 22.5 Å².